The number of aliphatic carboxylic acids is 1. The molecule has 0 amide bonds. The van der Waals surface area contributed by atoms with Crippen molar-refractivity contribution in [1.82, 2.24) is 9.88 Å². The van der Waals surface area contributed by atoms with E-state index in [1.54, 1.807) is 18.2 Å². The number of likely N-dealkylation sites (tertiary alicyclic amines) is 1. The Labute approximate surface area is 132 Å². The summed E-state index contributed by atoms with van der Waals surface area (Å²) in [5.41, 5.74) is 1.44. The van der Waals surface area contributed by atoms with Gasteiger partial charge < -0.3 is 5.11 Å². The predicted octanol–water partition coefficient (Wildman–Crippen LogP) is 3.25. The lowest BCUT2D eigenvalue weighted by Crippen LogP contribution is -2.35. The molecule has 3 rings (SSSR count). The number of aromatic nitrogens is 1. The summed E-state index contributed by atoms with van der Waals surface area (Å²) in [6, 6.07) is 6.64. The van der Waals surface area contributed by atoms with Gasteiger partial charge in [-0.15, -0.1) is 11.3 Å². The van der Waals surface area contributed by atoms with Crippen LogP contribution in [0.5, 0.6) is 0 Å². The summed E-state index contributed by atoms with van der Waals surface area (Å²) in [7, 11) is 0. The molecule has 22 heavy (non-hydrogen) atoms. The number of carbonyl (C=O) groups is 1. The summed E-state index contributed by atoms with van der Waals surface area (Å²) in [6.07, 6.45) is 1.36. The lowest BCUT2D eigenvalue weighted by Gasteiger charge is -2.29. The maximum Gasteiger partial charge on any atom is 0.306 e. The SMILES string of the molecule is O=C(O)C1CCN(Cc2csc(-c3ccccc3F)n2)CC1. The van der Waals surface area contributed by atoms with E-state index in [9.17, 15) is 9.18 Å². The third-order valence-electron chi connectivity index (χ3n) is 3.98. The molecule has 0 radical (unpaired) electrons. The molecule has 1 fully saturated rings. The second-order valence-electron chi connectivity index (χ2n) is 5.51. The van der Waals surface area contributed by atoms with Crippen LogP contribution in [0, 0.1) is 11.7 Å². The number of rotatable bonds is 4. The number of halogens is 1. The van der Waals surface area contributed by atoms with Crippen LogP contribution in [-0.4, -0.2) is 34.0 Å². The number of carboxylic acids is 1. The van der Waals surface area contributed by atoms with E-state index in [0.29, 0.717) is 30.0 Å². The highest BCUT2D eigenvalue weighted by Crippen LogP contribution is 2.27. The minimum absolute atomic E-state index is 0.222. The largest absolute Gasteiger partial charge is 0.481 e. The van der Waals surface area contributed by atoms with Crippen LogP contribution < -0.4 is 0 Å². The standard InChI is InChI=1S/C16H17FN2O2S/c17-14-4-2-1-3-13(14)15-18-12(10-22-15)9-19-7-5-11(6-8-19)16(20)21/h1-4,10-11H,5-9H2,(H,20,21). The third kappa shape index (κ3) is 3.34. The highest BCUT2D eigenvalue weighted by atomic mass is 32.1. The van der Waals surface area contributed by atoms with E-state index < -0.39 is 5.97 Å². The Hall–Kier alpha value is -1.79. The zero-order valence-electron chi connectivity index (χ0n) is 12.0. The summed E-state index contributed by atoms with van der Waals surface area (Å²) in [5.74, 6) is -1.18. The lowest BCUT2D eigenvalue weighted by molar-refractivity contribution is -0.143. The van der Waals surface area contributed by atoms with Crippen molar-refractivity contribution in [2.24, 2.45) is 5.92 Å². The average Bonchev–Trinajstić information content (AvgIpc) is 2.96. The molecule has 4 nitrogen and oxygen atoms in total. The van der Waals surface area contributed by atoms with Crippen molar-refractivity contribution in [2.45, 2.75) is 19.4 Å². The van der Waals surface area contributed by atoms with E-state index in [0.717, 1.165) is 18.8 Å². The van der Waals surface area contributed by atoms with Crippen molar-refractivity contribution in [1.29, 1.82) is 0 Å². The van der Waals surface area contributed by atoms with Crippen LogP contribution in [0.25, 0.3) is 10.6 Å². The van der Waals surface area contributed by atoms with Gasteiger partial charge in [0.2, 0.25) is 0 Å². The second kappa shape index (κ2) is 6.54. The Bertz CT molecular complexity index is 666. The quantitative estimate of drug-likeness (QED) is 0.939. The minimum Gasteiger partial charge on any atom is -0.481 e. The fraction of sp³-hybridized carbons (Fsp3) is 0.375. The van der Waals surface area contributed by atoms with Gasteiger partial charge in [0.15, 0.2) is 0 Å². The van der Waals surface area contributed by atoms with Gasteiger partial charge in [0, 0.05) is 17.5 Å². The molecule has 0 aliphatic carbocycles. The molecule has 0 saturated carbocycles. The maximum absolute atomic E-state index is 13.8. The van der Waals surface area contributed by atoms with E-state index >= 15 is 0 Å². The number of carboxylic acid groups (broad SMARTS) is 1. The smallest absolute Gasteiger partial charge is 0.306 e. The first kappa shape index (κ1) is 15.1. The molecule has 116 valence electrons. The van der Waals surface area contributed by atoms with Crippen LogP contribution in [0.3, 0.4) is 0 Å². The molecule has 0 bridgehead atoms. The Morgan fingerprint density at radius 3 is 2.77 bits per heavy atom. The summed E-state index contributed by atoms with van der Waals surface area (Å²) >= 11 is 1.44. The van der Waals surface area contributed by atoms with Gasteiger partial charge in [0.05, 0.1) is 11.6 Å². The first-order chi connectivity index (χ1) is 10.6. The fourth-order valence-electron chi connectivity index (χ4n) is 2.71. The summed E-state index contributed by atoms with van der Waals surface area (Å²) in [4.78, 5) is 17.7. The van der Waals surface area contributed by atoms with Crippen molar-refractivity contribution in [3.8, 4) is 10.6 Å². The van der Waals surface area contributed by atoms with Crippen LogP contribution in [0.4, 0.5) is 4.39 Å². The van der Waals surface area contributed by atoms with Crippen LogP contribution in [-0.2, 0) is 11.3 Å². The van der Waals surface area contributed by atoms with Gasteiger partial charge in [0.25, 0.3) is 0 Å². The number of piperidine rings is 1. The highest BCUT2D eigenvalue weighted by molar-refractivity contribution is 7.13. The Kier molecular flexibility index (Phi) is 4.49. The van der Waals surface area contributed by atoms with Crippen molar-refractivity contribution in [3.05, 3.63) is 41.2 Å². The van der Waals surface area contributed by atoms with Crippen molar-refractivity contribution in [3.63, 3.8) is 0 Å². The molecule has 1 N–H and O–H groups in total. The van der Waals surface area contributed by atoms with E-state index in [4.69, 9.17) is 5.11 Å². The molecule has 0 unspecified atom stereocenters. The van der Waals surface area contributed by atoms with Crippen molar-refractivity contribution < 1.29 is 14.3 Å². The molecular weight excluding hydrogens is 303 g/mol. The number of hydrogen-bond acceptors (Lipinski definition) is 4. The number of nitrogens with zero attached hydrogens (tertiary/aromatic N) is 2. The summed E-state index contributed by atoms with van der Waals surface area (Å²) in [6.45, 7) is 2.23. The molecule has 6 heteroatoms. The fourth-order valence-corrected chi connectivity index (χ4v) is 3.54. The molecule has 1 saturated heterocycles. The highest BCUT2D eigenvalue weighted by Gasteiger charge is 2.24. The molecule has 1 aromatic heterocycles. The van der Waals surface area contributed by atoms with Crippen LogP contribution in [0.2, 0.25) is 0 Å². The number of benzene rings is 1. The summed E-state index contributed by atoms with van der Waals surface area (Å²) in [5, 5.41) is 11.6. The molecule has 1 aliphatic heterocycles. The molecule has 2 heterocycles. The topological polar surface area (TPSA) is 53.4 Å². The van der Waals surface area contributed by atoms with Crippen LogP contribution >= 0.6 is 11.3 Å². The second-order valence-corrected chi connectivity index (χ2v) is 6.37. The monoisotopic (exact) mass is 320 g/mol. The van der Waals surface area contributed by atoms with Crippen molar-refractivity contribution in [2.75, 3.05) is 13.1 Å². The van der Waals surface area contributed by atoms with Crippen molar-refractivity contribution >= 4 is 17.3 Å². The predicted molar refractivity (Wildman–Crippen MR) is 83.1 cm³/mol. The molecule has 1 aliphatic rings. The third-order valence-corrected chi connectivity index (χ3v) is 4.90. The first-order valence-electron chi connectivity index (χ1n) is 7.28. The van der Waals surface area contributed by atoms with Gasteiger partial charge in [-0.1, -0.05) is 12.1 Å². The summed E-state index contributed by atoms with van der Waals surface area (Å²) < 4.78 is 13.8. The first-order valence-corrected chi connectivity index (χ1v) is 8.16. The minimum atomic E-state index is -0.699. The van der Waals surface area contributed by atoms with E-state index in [-0.39, 0.29) is 11.7 Å². The van der Waals surface area contributed by atoms with Gasteiger partial charge in [-0.25, -0.2) is 9.37 Å². The van der Waals surface area contributed by atoms with E-state index in [1.165, 1.54) is 17.4 Å². The molecule has 1 aromatic carbocycles. The lowest BCUT2D eigenvalue weighted by atomic mass is 9.97. The van der Waals surface area contributed by atoms with Crippen LogP contribution in [0.1, 0.15) is 18.5 Å². The Balaban J connectivity index is 1.63. The normalized spacial score (nSPS) is 16.8. The van der Waals surface area contributed by atoms with Gasteiger partial charge in [-0.3, -0.25) is 9.69 Å². The van der Waals surface area contributed by atoms with Gasteiger partial charge >= 0.3 is 5.97 Å². The number of thiazole rings is 1. The zero-order chi connectivity index (χ0) is 15.5. The van der Waals surface area contributed by atoms with E-state index in [1.807, 2.05) is 5.38 Å². The number of hydrogen-bond donors (Lipinski definition) is 1. The van der Waals surface area contributed by atoms with Gasteiger partial charge in [-0.2, -0.15) is 0 Å². The zero-order valence-corrected chi connectivity index (χ0v) is 12.9. The maximum atomic E-state index is 13.8. The Morgan fingerprint density at radius 1 is 1.36 bits per heavy atom. The van der Waals surface area contributed by atoms with Gasteiger partial charge in [-0.05, 0) is 38.1 Å². The van der Waals surface area contributed by atoms with Crippen LogP contribution in [0.15, 0.2) is 29.6 Å². The average molecular weight is 320 g/mol. The molecule has 0 spiro atoms. The molecular formula is C16H17FN2O2S. The molecule has 0 atom stereocenters. The van der Waals surface area contributed by atoms with E-state index in [2.05, 4.69) is 9.88 Å². The molecule has 2 aromatic rings. The Morgan fingerprint density at radius 2 is 2.09 bits per heavy atom. The van der Waals surface area contributed by atoms with Gasteiger partial charge in [0.1, 0.15) is 10.8 Å².